The predicted molar refractivity (Wildman–Crippen MR) is 157 cm³/mol. The van der Waals surface area contributed by atoms with Crippen LogP contribution >= 0.6 is 0 Å². The first-order valence-electron chi connectivity index (χ1n) is 15.5. The summed E-state index contributed by atoms with van der Waals surface area (Å²) in [5, 5.41) is 4.95. The summed E-state index contributed by atoms with van der Waals surface area (Å²) in [5.74, 6) is 0.138. The van der Waals surface area contributed by atoms with E-state index in [0.717, 1.165) is 43.7 Å². The molecule has 0 radical (unpaired) electrons. The van der Waals surface area contributed by atoms with Crippen molar-refractivity contribution in [2.75, 3.05) is 51.1 Å². The molecule has 1 atom stereocenters. The first-order chi connectivity index (χ1) is 20.4. The van der Waals surface area contributed by atoms with Gasteiger partial charge in [0.1, 0.15) is 18.1 Å². The lowest BCUT2D eigenvalue weighted by Gasteiger charge is -2.35. The molecular weight excluding hydrogens is 537 g/mol. The van der Waals surface area contributed by atoms with Crippen LogP contribution in [0, 0.1) is 5.82 Å². The van der Waals surface area contributed by atoms with Crippen molar-refractivity contribution in [2.24, 2.45) is 0 Å². The van der Waals surface area contributed by atoms with E-state index < -0.39 is 5.82 Å². The smallest absolute Gasteiger partial charge is 0.254 e. The van der Waals surface area contributed by atoms with E-state index in [0.29, 0.717) is 50.6 Å². The van der Waals surface area contributed by atoms with Crippen LogP contribution in [0.15, 0.2) is 36.4 Å². The van der Waals surface area contributed by atoms with Crippen LogP contribution in [0.1, 0.15) is 83.6 Å². The molecule has 6 N–H and O–H groups in total. The van der Waals surface area contributed by atoms with Crippen molar-refractivity contribution in [3.63, 3.8) is 0 Å². The quantitative estimate of drug-likeness (QED) is 0.420. The van der Waals surface area contributed by atoms with Crippen molar-refractivity contribution in [3.05, 3.63) is 58.9 Å². The van der Waals surface area contributed by atoms with Gasteiger partial charge in [-0.15, -0.1) is 0 Å². The first kappa shape index (κ1) is 30.0. The average molecular weight is 582 g/mol. The fraction of sp³-hybridized carbons (Fsp3) is 0.531. The number of anilines is 1. The maximum absolute atomic E-state index is 14.3. The Morgan fingerprint density at radius 2 is 1.64 bits per heavy atom. The summed E-state index contributed by atoms with van der Waals surface area (Å²) >= 11 is 0. The van der Waals surface area contributed by atoms with Crippen LogP contribution in [0.4, 0.5) is 10.1 Å². The Labute approximate surface area is 246 Å². The molecule has 2 aromatic rings. The third kappa shape index (κ3) is 7.46. The lowest BCUT2D eigenvalue weighted by molar-refractivity contribution is -0.638. The molecule has 3 aliphatic rings. The number of ether oxygens (including phenoxy) is 1. The van der Waals surface area contributed by atoms with E-state index in [-0.39, 0.29) is 41.5 Å². The van der Waals surface area contributed by atoms with E-state index in [4.69, 9.17) is 4.74 Å². The summed E-state index contributed by atoms with van der Waals surface area (Å²) in [5.41, 5.74) is 5.97. The summed E-state index contributed by atoms with van der Waals surface area (Å²) in [4.78, 5) is 42.3. The lowest BCUT2D eigenvalue weighted by Crippen LogP contribution is -2.81. The number of carbonyl (C=O) groups is 3. The van der Waals surface area contributed by atoms with Crippen molar-refractivity contribution < 1.29 is 34.6 Å². The Morgan fingerprint density at radius 3 is 2.31 bits per heavy atom. The van der Waals surface area contributed by atoms with E-state index in [9.17, 15) is 18.8 Å². The van der Waals surface area contributed by atoms with E-state index in [1.54, 1.807) is 9.80 Å². The maximum atomic E-state index is 14.3. The minimum Gasteiger partial charge on any atom is -0.484 e. The van der Waals surface area contributed by atoms with Crippen molar-refractivity contribution in [1.82, 2.24) is 9.80 Å². The van der Waals surface area contributed by atoms with Gasteiger partial charge in [-0.1, -0.05) is 19.3 Å². The molecule has 3 fully saturated rings. The Balaban J connectivity index is 1.23. The number of quaternary nitrogens is 2. The maximum Gasteiger partial charge on any atom is 0.254 e. The van der Waals surface area contributed by atoms with E-state index in [2.05, 4.69) is 16.4 Å². The molecule has 2 saturated heterocycles. The van der Waals surface area contributed by atoms with Crippen LogP contribution < -0.4 is 21.1 Å². The average Bonchev–Trinajstić information content (AvgIpc) is 3.53. The highest BCUT2D eigenvalue weighted by atomic mass is 19.1. The lowest BCUT2D eigenvalue weighted by atomic mass is 9.83. The van der Waals surface area contributed by atoms with Gasteiger partial charge in [0, 0.05) is 62.3 Å². The van der Waals surface area contributed by atoms with E-state index in [1.165, 1.54) is 37.5 Å². The van der Waals surface area contributed by atoms with Gasteiger partial charge in [0.2, 0.25) is 5.91 Å². The molecule has 10 heteroatoms. The molecular formula is C32H44FN5O4+2. The van der Waals surface area contributed by atoms with Crippen LogP contribution in [0.2, 0.25) is 0 Å². The molecule has 2 aromatic carbocycles. The minimum atomic E-state index is -0.589. The van der Waals surface area contributed by atoms with Crippen LogP contribution in [0.25, 0.3) is 0 Å². The third-order valence-electron chi connectivity index (χ3n) is 8.65. The number of piperazine rings is 1. The van der Waals surface area contributed by atoms with Gasteiger partial charge in [-0.3, -0.25) is 14.4 Å². The first-order valence-corrected chi connectivity index (χ1v) is 15.5. The minimum absolute atomic E-state index is 0.0436. The third-order valence-corrected chi connectivity index (χ3v) is 8.65. The second kappa shape index (κ2) is 14.1. The monoisotopic (exact) mass is 581 g/mol. The fourth-order valence-corrected chi connectivity index (χ4v) is 6.31. The SMILES string of the molecule is [NH3+]CCCC(=O)Nc1cc(F)cc(C(=O)N2CCN(C(=O)c3ccc(O[C@H]4CC[NH2+]C4)c(C4CCCCC4)c3)CC2)c1. The molecule has 42 heavy (non-hydrogen) atoms. The van der Waals surface area contributed by atoms with Crippen LogP contribution in [0.3, 0.4) is 0 Å². The Kier molecular flexibility index (Phi) is 10.1. The molecule has 0 aromatic heterocycles. The van der Waals surface area contributed by atoms with Crippen LogP contribution in [-0.2, 0) is 4.79 Å². The van der Waals surface area contributed by atoms with Gasteiger partial charge in [-0.25, -0.2) is 4.39 Å². The number of benzene rings is 2. The molecule has 9 nitrogen and oxygen atoms in total. The second-order valence-corrected chi connectivity index (χ2v) is 11.7. The molecule has 1 aliphatic carbocycles. The summed E-state index contributed by atoms with van der Waals surface area (Å²) in [6.45, 7) is 4.17. The second-order valence-electron chi connectivity index (χ2n) is 11.7. The molecule has 2 heterocycles. The molecule has 3 amide bonds. The Bertz CT molecular complexity index is 1270. The molecule has 0 bridgehead atoms. The van der Waals surface area contributed by atoms with Crippen LogP contribution in [-0.4, -0.2) is 79.4 Å². The number of hydrogen-bond donors (Lipinski definition) is 3. The number of nitrogens with zero attached hydrogens (tertiary/aromatic N) is 2. The number of rotatable bonds is 9. The van der Waals surface area contributed by atoms with Gasteiger partial charge < -0.3 is 30.9 Å². The van der Waals surface area contributed by atoms with Gasteiger partial charge in [0.25, 0.3) is 11.8 Å². The fourth-order valence-electron chi connectivity index (χ4n) is 6.31. The highest BCUT2D eigenvalue weighted by Crippen LogP contribution is 2.38. The number of carbonyl (C=O) groups excluding carboxylic acids is 3. The van der Waals surface area contributed by atoms with Crippen molar-refractivity contribution in [2.45, 2.75) is 63.4 Å². The number of nitrogens with one attached hydrogen (secondary N) is 1. The number of hydrogen-bond acceptors (Lipinski definition) is 4. The molecule has 0 spiro atoms. The highest BCUT2D eigenvalue weighted by Gasteiger charge is 2.29. The predicted octanol–water partition coefficient (Wildman–Crippen LogP) is 2.15. The topological polar surface area (TPSA) is 123 Å². The highest BCUT2D eigenvalue weighted by molar-refractivity contribution is 5.98. The number of amides is 3. The zero-order valence-corrected chi connectivity index (χ0v) is 24.4. The van der Waals surface area contributed by atoms with Gasteiger partial charge >= 0.3 is 0 Å². The van der Waals surface area contributed by atoms with E-state index >= 15 is 0 Å². The van der Waals surface area contributed by atoms with Crippen molar-refractivity contribution >= 4 is 23.4 Å². The largest absolute Gasteiger partial charge is 0.484 e. The standard InChI is InChI=1S/C32H42FN5O4/c33-25-17-24(18-26(20-25)36-30(39)7-4-11-34)32(41)38-15-13-37(14-16-38)31(40)23-8-9-29(42-27-10-12-35-21-27)28(19-23)22-5-2-1-3-6-22/h8-9,17-20,22,27,35H,1-7,10-16,21,34H2,(H,36,39)/p+2/t27-/m0/s1. The van der Waals surface area contributed by atoms with Crippen LogP contribution in [0.5, 0.6) is 5.75 Å². The van der Waals surface area contributed by atoms with Gasteiger partial charge in [-0.05, 0) is 60.7 Å². The summed E-state index contributed by atoms with van der Waals surface area (Å²) in [6, 6.07) is 9.80. The summed E-state index contributed by atoms with van der Waals surface area (Å²) in [7, 11) is 0. The summed E-state index contributed by atoms with van der Waals surface area (Å²) in [6.07, 6.45) is 8.07. The zero-order valence-electron chi connectivity index (χ0n) is 24.4. The Morgan fingerprint density at radius 1 is 0.929 bits per heavy atom. The normalized spacial score (nSPS) is 19.5. The molecule has 0 unspecified atom stereocenters. The number of nitrogens with two attached hydrogens (primary N) is 1. The molecule has 5 rings (SSSR count). The number of halogens is 1. The van der Waals surface area contributed by atoms with Crippen molar-refractivity contribution in [3.8, 4) is 5.75 Å². The van der Waals surface area contributed by atoms with Crippen molar-refractivity contribution in [1.29, 1.82) is 0 Å². The molecule has 226 valence electrons. The Hall–Kier alpha value is -3.50. The van der Waals surface area contributed by atoms with Gasteiger partial charge in [0.05, 0.1) is 13.1 Å². The van der Waals surface area contributed by atoms with Gasteiger partial charge in [-0.2, -0.15) is 0 Å². The zero-order chi connectivity index (χ0) is 29.5. The van der Waals surface area contributed by atoms with Gasteiger partial charge in [0.15, 0.2) is 6.10 Å². The molecule has 1 saturated carbocycles. The molecule has 2 aliphatic heterocycles. The summed E-state index contributed by atoms with van der Waals surface area (Å²) < 4.78 is 20.8. The van der Waals surface area contributed by atoms with E-state index in [1.807, 2.05) is 18.2 Å².